The zero-order valence-corrected chi connectivity index (χ0v) is 13.6. The molecule has 0 atom stereocenters. The van der Waals surface area contributed by atoms with Crippen LogP contribution in [0.15, 0.2) is 47.1 Å². The van der Waals surface area contributed by atoms with Crippen molar-refractivity contribution in [2.75, 3.05) is 5.32 Å². The third-order valence-electron chi connectivity index (χ3n) is 3.25. The molecule has 3 rings (SSSR count). The Morgan fingerprint density at radius 3 is 2.75 bits per heavy atom. The zero-order chi connectivity index (χ0) is 13.9. The van der Waals surface area contributed by atoms with Crippen LogP contribution in [0.2, 0.25) is 0 Å². The molecule has 0 amide bonds. The summed E-state index contributed by atoms with van der Waals surface area (Å²) < 4.78 is 1.10. The topological polar surface area (TPSA) is 24.9 Å². The summed E-state index contributed by atoms with van der Waals surface area (Å²) >= 11 is 5.45. The fourth-order valence-corrected chi connectivity index (χ4v) is 3.58. The zero-order valence-electron chi connectivity index (χ0n) is 11.2. The normalized spacial score (nSPS) is 10.9. The van der Waals surface area contributed by atoms with E-state index in [0.29, 0.717) is 0 Å². The van der Waals surface area contributed by atoms with Gasteiger partial charge >= 0.3 is 0 Å². The number of halogens is 1. The van der Waals surface area contributed by atoms with Crippen LogP contribution in [0.25, 0.3) is 10.8 Å². The first-order chi connectivity index (χ1) is 9.78. The minimum atomic E-state index is 0.823. The Bertz CT molecular complexity index is 736. The van der Waals surface area contributed by atoms with Crippen molar-refractivity contribution in [3.05, 3.63) is 56.8 Å². The average Bonchev–Trinajstić information content (AvgIpc) is 2.94. The quantitative estimate of drug-likeness (QED) is 0.699. The maximum Gasteiger partial charge on any atom is 0.134 e. The van der Waals surface area contributed by atoms with Crippen LogP contribution >= 0.6 is 27.3 Å². The maximum absolute atomic E-state index is 4.46. The van der Waals surface area contributed by atoms with Crippen LogP contribution in [0.3, 0.4) is 0 Å². The molecule has 2 aromatic heterocycles. The molecule has 3 aromatic rings. The number of thiophene rings is 1. The smallest absolute Gasteiger partial charge is 0.134 e. The lowest BCUT2D eigenvalue weighted by atomic mass is 10.1. The van der Waals surface area contributed by atoms with E-state index in [2.05, 4.69) is 57.4 Å². The van der Waals surface area contributed by atoms with Crippen LogP contribution in [0.1, 0.15) is 16.7 Å². The standard InChI is InChI=1S/C16H15BrN2S/c1-2-11-6-7-12(20-11)10-19-16-14-4-3-5-15(17)13(14)8-9-18-16/h3-9H,2,10H2,1H3,(H,18,19). The summed E-state index contributed by atoms with van der Waals surface area (Å²) in [6, 6.07) is 12.6. The van der Waals surface area contributed by atoms with Crippen molar-refractivity contribution in [1.82, 2.24) is 4.98 Å². The first-order valence-electron chi connectivity index (χ1n) is 6.62. The van der Waals surface area contributed by atoms with Crippen molar-refractivity contribution < 1.29 is 0 Å². The first-order valence-corrected chi connectivity index (χ1v) is 8.23. The number of rotatable bonds is 4. The molecule has 1 N–H and O–H groups in total. The van der Waals surface area contributed by atoms with Gasteiger partial charge in [-0.1, -0.05) is 35.0 Å². The Balaban J connectivity index is 1.85. The molecule has 0 fully saturated rings. The second-order valence-corrected chi connectivity index (χ2v) is 6.68. The number of hydrogen-bond donors (Lipinski definition) is 1. The van der Waals surface area contributed by atoms with Gasteiger partial charge < -0.3 is 5.32 Å². The minimum Gasteiger partial charge on any atom is -0.365 e. The molecule has 0 radical (unpaired) electrons. The van der Waals surface area contributed by atoms with E-state index in [-0.39, 0.29) is 0 Å². The monoisotopic (exact) mass is 346 g/mol. The molecule has 0 aliphatic heterocycles. The number of hydrogen-bond acceptors (Lipinski definition) is 3. The molecule has 4 heteroatoms. The molecule has 0 saturated carbocycles. The number of aromatic nitrogens is 1. The highest BCUT2D eigenvalue weighted by Gasteiger charge is 2.05. The molecule has 0 saturated heterocycles. The van der Waals surface area contributed by atoms with Gasteiger partial charge in [-0.15, -0.1) is 11.3 Å². The van der Waals surface area contributed by atoms with Gasteiger partial charge in [0.1, 0.15) is 5.82 Å². The molecule has 0 bridgehead atoms. The predicted molar refractivity (Wildman–Crippen MR) is 90.5 cm³/mol. The third-order valence-corrected chi connectivity index (χ3v) is 5.17. The first kappa shape index (κ1) is 13.6. The summed E-state index contributed by atoms with van der Waals surface area (Å²) in [6.45, 7) is 3.01. The predicted octanol–water partition coefficient (Wildman–Crippen LogP) is 5.23. The van der Waals surface area contributed by atoms with E-state index in [4.69, 9.17) is 0 Å². The van der Waals surface area contributed by atoms with Gasteiger partial charge in [-0.3, -0.25) is 0 Å². The van der Waals surface area contributed by atoms with Crippen molar-refractivity contribution in [3.63, 3.8) is 0 Å². The van der Waals surface area contributed by atoms with E-state index in [9.17, 15) is 0 Å². The molecule has 2 nitrogen and oxygen atoms in total. The van der Waals surface area contributed by atoms with Gasteiger partial charge in [0.2, 0.25) is 0 Å². The molecule has 2 heterocycles. The van der Waals surface area contributed by atoms with Crippen LogP contribution in [0.4, 0.5) is 5.82 Å². The molecule has 102 valence electrons. The highest BCUT2D eigenvalue weighted by molar-refractivity contribution is 9.10. The van der Waals surface area contributed by atoms with Gasteiger partial charge in [-0.25, -0.2) is 4.98 Å². The molecular weight excluding hydrogens is 332 g/mol. The van der Waals surface area contributed by atoms with E-state index in [1.54, 1.807) is 0 Å². The van der Waals surface area contributed by atoms with E-state index in [1.807, 2.05) is 29.7 Å². The Labute approximate surface area is 131 Å². The van der Waals surface area contributed by atoms with Crippen LogP contribution in [0.5, 0.6) is 0 Å². The van der Waals surface area contributed by atoms with E-state index in [1.165, 1.54) is 15.1 Å². The fourth-order valence-electron chi connectivity index (χ4n) is 2.19. The molecule has 0 unspecified atom stereocenters. The van der Waals surface area contributed by atoms with Crippen molar-refractivity contribution >= 4 is 43.9 Å². The highest BCUT2D eigenvalue weighted by Crippen LogP contribution is 2.28. The van der Waals surface area contributed by atoms with E-state index in [0.717, 1.165) is 28.6 Å². The second kappa shape index (κ2) is 5.94. The number of benzene rings is 1. The molecule has 20 heavy (non-hydrogen) atoms. The fraction of sp³-hybridized carbons (Fsp3) is 0.188. The van der Waals surface area contributed by atoms with Gasteiger partial charge in [-0.05, 0) is 30.7 Å². The number of nitrogens with zero attached hydrogens (tertiary/aromatic N) is 1. The summed E-state index contributed by atoms with van der Waals surface area (Å²) in [5.41, 5.74) is 0. The number of anilines is 1. The largest absolute Gasteiger partial charge is 0.365 e. The Kier molecular flexibility index (Phi) is 4.03. The van der Waals surface area contributed by atoms with Crippen molar-refractivity contribution in [2.24, 2.45) is 0 Å². The van der Waals surface area contributed by atoms with Gasteiger partial charge in [0.05, 0.1) is 6.54 Å². The number of fused-ring (bicyclic) bond motifs is 1. The Morgan fingerprint density at radius 2 is 1.95 bits per heavy atom. The Hall–Kier alpha value is -1.39. The van der Waals surface area contributed by atoms with Crippen LogP contribution < -0.4 is 5.32 Å². The van der Waals surface area contributed by atoms with Gasteiger partial charge in [-0.2, -0.15) is 0 Å². The van der Waals surface area contributed by atoms with Gasteiger partial charge in [0, 0.05) is 31.2 Å². The van der Waals surface area contributed by atoms with Crippen LogP contribution in [-0.2, 0) is 13.0 Å². The third kappa shape index (κ3) is 2.72. The van der Waals surface area contributed by atoms with Gasteiger partial charge in [0.15, 0.2) is 0 Å². The highest BCUT2D eigenvalue weighted by atomic mass is 79.9. The summed E-state index contributed by atoms with van der Waals surface area (Å²) in [7, 11) is 0. The SMILES string of the molecule is CCc1ccc(CNc2nccc3c(Br)cccc23)s1. The van der Waals surface area contributed by atoms with Crippen LogP contribution in [0, 0.1) is 0 Å². The summed E-state index contributed by atoms with van der Waals surface area (Å²) in [4.78, 5) is 7.23. The second-order valence-electron chi connectivity index (χ2n) is 4.57. The maximum atomic E-state index is 4.46. The van der Waals surface area contributed by atoms with Gasteiger partial charge in [0.25, 0.3) is 0 Å². The number of aryl methyl sites for hydroxylation is 1. The molecule has 0 spiro atoms. The average molecular weight is 347 g/mol. The molecule has 0 aliphatic carbocycles. The lowest BCUT2D eigenvalue weighted by molar-refractivity contribution is 1.15. The number of nitrogens with one attached hydrogen (secondary N) is 1. The van der Waals surface area contributed by atoms with Crippen molar-refractivity contribution in [1.29, 1.82) is 0 Å². The van der Waals surface area contributed by atoms with Crippen molar-refractivity contribution in [3.8, 4) is 0 Å². The minimum absolute atomic E-state index is 0.823. The number of pyridine rings is 1. The summed E-state index contributed by atoms with van der Waals surface area (Å²) in [6.07, 6.45) is 2.95. The van der Waals surface area contributed by atoms with E-state index < -0.39 is 0 Å². The van der Waals surface area contributed by atoms with Crippen LogP contribution in [-0.4, -0.2) is 4.98 Å². The lowest BCUT2D eigenvalue weighted by Crippen LogP contribution is -2.00. The summed E-state index contributed by atoms with van der Waals surface area (Å²) in [5.74, 6) is 0.940. The summed E-state index contributed by atoms with van der Waals surface area (Å²) in [5, 5.41) is 5.78. The molecular formula is C16H15BrN2S. The lowest BCUT2D eigenvalue weighted by Gasteiger charge is -2.08. The molecule has 0 aliphatic rings. The van der Waals surface area contributed by atoms with E-state index >= 15 is 0 Å². The Morgan fingerprint density at radius 1 is 1.10 bits per heavy atom. The molecule has 1 aromatic carbocycles. The van der Waals surface area contributed by atoms with Crippen molar-refractivity contribution in [2.45, 2.75) is 19.9 Å².